The summed E-state index contributed by atoms with van der Waals surface area (Å²) < 4.78 is 22.6. The Kier molecular flexibility index (Phi) is 7.61. The highest BCUT2D eigenvalue weighted by Crippen LogP contribution is 2.42. The molecule has 1 atom stereocenters. The number of carbonyl (C=O) groups is 1. The maximum absolute atomic E-state index is 13.7. The molecule has 180 valence electrons. The van der Waals surface area contributed by atoms with E-state index in [0.717, 1.165) is 11.8 Å². The maximum atomic E-state index is 13.7. The van der Waals surface area contributed by atoms with E-state index in [1.54, 1.807) is 13.8 Å². The molecule has 0 bridgehead atoms. The van der Waals surface area contributed by atoms with Crippen molar-refractivity contribution in [2.45, 2.75) is 24.3 Å². The average molecular weight is 490 g/mol. The lowest BCUT2D eigenvalue weighted by Crippen LogP contribution is -2.24. The standard InChI is InChI=1S/C22H23N3O8S/c1-6-33-21(27)12(2)34-22-23-17-15(11-16(30-3)18(31-4)19(17)32-5)20(26)24(22)13-7-9-14(10-8-13)25(28)29/h7-12H,6H2,1-5H3/t12-/m1/s1. The molecule has 0 fully saturated rings. The van der Waals surface area contributed by atoms with Crippen LogP contribution in [-0.4, -0.2) is 53.6 Å². The Labute approximate surface area is 198 Å². The Bertz CT molecular complexity index is 1290. The van der Waals surface area contributed by atoms with Crippen LogP contribution < -0.4 is 19.8 Å². The number of nitrogens with zero attached hydrogens (tertiary/aromatic N) is 3. The normalized spacial score (nSPS) is 11.7. The van der Waals surface area contributed by atoms with E-state index in [1.165, 1.54) is 56.2 Å². The summed E-state index contributed by atoms with van der Waals surface area (Å²) in [5.74, 6) is 0.236. The van der Waals surface area contributed by atoms with Gasteiger partial charge in [-0.15, -0.1) is 0 Å². The van der Waals surface area contributed by atoms with Crippen molar-refractivity contribution in [3.05, 3.63) is 50.8 Å². The smallest absolute Gasteiger partial charge is 0.319 e. The van der Waals surface area contributed by atoms with Gasteiger partial charge in [-0.1, -0.05) is 11.8 Å². The number of hydrogen-bond donors (Lipinski definition) is 0. The maximum Gasteiger partial charge on any atom is 0.319 e. The summed E-state index contributed by atoms with van der Waals surface area (Å²) in [6.45, 7) is 3.53. The summed E-state index contributed by atoms with van der Waals surface area (Å²) in [6, 6.07) is 6.92. The highest BCUT2D eigenvalue weighted by atomic mass is 32.2. The second kappa shape index (κ2) is 10.4. The summed E-state index contributed by atoms with van der Waals surface area (Å²) in [6.07, 6.45) is 0. The summed E-state index contributed by atoms with van der Waals surface area (Å²) in [5.41, 5.74) is -0.0800. The molecule has 0 saturated heterocycles. The van der Waals surface area contributed by atoms with Gasteiger partial charge in [0.15, 0.2) is 16.7 Å². The number of benzene rings is 2. The first kappa shape index (κ1) is 24.8. The lowest BCUT2D eigenvalue weighted by molar-refractivity contribution is -0.384. The summed E-state index contributed by atoms with van der Waals surface area (Å²) in [7, 11) is 4.27. The molecule has 0 aliphatic carbocycles. The summed E-state index contributed by atoms with van der Waals surface area (Å²) in [4.78, 5) is 41.1. The summed E-state index contributed by atoms with van der Waals surface area (Å²) in [5, 5.41) is 10.7. The van der Waals surface area contributed by atoms with Crippen LogP contribution in [0.2, 0.25) is 0 Å². The van der Waals surface area contributed by atoms with Crippen LogP contribution in [0.15, 0.2) is 40.3 Å². The molecule has 0 aliphatic heterocycles. The van der Waals surface area contributed by atoms with Crippen molar-refractivity contribution in [3.8, 4) is 22.9 Å². The molecule has 0 N–H and O–H groups in total. The van der Waals surface area contributed by atoms with Crippen molar-refractivity contribution in [1.82, 2.24) is 9.55 Å². The fourth-order valence-electron chi connectivity index (χ4n) is 3.26. The van der Waals surface area contributed by atoms with Gasteiger partial charge in [-0.25, -0.2) is 4.98 Å². The fraction of sp³-hybridized carbons (Fsp3) is 0.318. The zero-order valence-electron chi connectivity index (χ0n) is 19.2. The van der Waals surface area contributed by atoms with Gasteiger partial charge in [-0.3, -0.25) is 24.3 Å². The van der Waals surface area contributed by atoms with Gasteiger partial charge >= 0.3 is 5.97 Å². The van der Waals surface area contributed by atoms with Gasteiger partial charge in [-0.05, 0) is 32.0 Å². The zero-order chi connectivity index (χ0) is 25.0. The fourth-order valence-corrected chi connectivity index (χ4v) is 4.18. The van der Waals surface area contributed by atoms with E-state index in [1.807, 2.05) is 0 Å². The molecule has 11 nitrogen and oxygen atoms in total. The van der Waals surface area contributed by atoms with E-state index in [0.29, 0.717) is 5.69 Å². The van der Waals surface area contributed by atoms with E-state index in [-0.39, 0.29) is 45.6 Å². The predicted molar refractivity (Wildman–Crippen MR) is 126 cm³/mol. The molecule has 34 heavy (non-hydrogen) atoms. The molecule has 0 unspecified atom stereocenters. The first-order valence-electron chi connectivity index (χ1n) is 10.1. The Balaban J connectivity index is 2.34. The Morgan fingerprint density at radius 1 is 1.15 bits per heavy atom. The molecule has 3 rings (SSSR count). The molecule has 0 amide bonds. The predicted octanol–water partition coefficient (Wildman–Crippen LogP) is 3.36. The number of esters is 1. The molecule has 2 aromatic carbocycles. The monoisotopic (exact) mass is 489 g/mol. The number of thioether (sulfide) groups is 1. The van der Waals surface area contributed by atoms with Gasteiger partial charge in [0.05, 0.1) is 43.9 Å². The SMILES string of the molecule is CCOC(=O)[C@@H](C)Sc1nc2c(OC)c(OC)c(OC)cc2c(=O)n1-c1ccc([N+](=O)[O-])cc1. The van der Waals surface area contributed by atoms with Gasteiger partial charge in [-0.2, -0.15) is 0 Å². The third-order valence-electron chi connectivity index (χ3n) is 4.86. The molecule has 0 radical (unpaired) electrons. The first-order valence-corrected chi connectivity index (χ1v) is 11.0. The second-order valence-corrected chi connectivity index (χ2v) is 8.17. The summed E-state index contributed by atoms with van der Waals surface area (Å²) >= 11 is 1.01. The van der Waals surface area contributed by atoms with Crippen molar-refractivity contribution in [3.63, 3.8) is 0 Å². The molecular weight excluding hydrogens is 466 g/mol. The van der Waals surface area contributed by atoms with Crippen molar-refractivity contribution >= 4 is 34.3 Å². The van der Waals surface area contributed by atoms with E-state index < -0.39 is 21.7 Å². The van der Waals surface area contributed by atoms with Crippen LogP contribution >= 0.6 is 11.8 Å². The van der Waals surface area contributed by atoms with E-state index >= 15 is 0 Å². The van der Waals surface area contributed by atoms with Gasteiger partial charge in [0, 0.05) is 12.1 Å². The third kappa shape index (κ3) is 4.62. The van der Waals surface area contributed by atoms with Crippen LogP contribution in [0.3, 0.4) is 0 Å². The molecule has 0 saturated carbocycles. The van der Waals surface area contributed by atoms with E-state index in [2.05, 4.69) is 4.98 Å². The number of nitro benzene ring substituents is 1. The highest BCUT2D eigenvalue weighted by Gasteiger charge is 2.25. The topological polar surface area (TPSA) is 132 Å². The molecule has 1 aromatic heterocycles. The zero-order valence-corrected chi connectivity index (χ0v) is 20.0. The minimum atomic E-state index is -0.695. The average Bonchev–Trinajstić information content (AvgIpc) is 2.83. The van der Waals surface area contributed by atoms with Crippen LogP contribution in [0.5, 0.6) is 17.2 Å². The molecule has 3 aromatic rings. The Morgan fingerprint density at radius 3 is 2.32 bits per heavy atom. The number of non-ortho nitro benzene ring substituents is 1. The van der Waals surface area contributed by atoms with Crippen molar-refractivity contribution in [2.24, 2.45) is 0 Å². The quantitative estimate of drug-likeness (QED) is 0.145. The second-order valence-electron chi connectivity index (χ2n) is 6.86. The number of aromatic nitrogens is 2. The molecule has 0 aliphatic rings. The molecule has 0 spiro atoms. The van der Waals surface area contributed by atoms with Crippen LogP contribution in [0.1, 0.15) is 13.8 Å². The van der Waals surface area contributed by atoms with Crippen LogP contribution in [0.25, 0.3) is 16.6 Å². The van der Waals surface area contributed by atoms with Gasteiger partial charge < -0.3 is 18.9 Å². The minimum Gasteiger partial charge on any atom is -0.493 e. The highest BCUT2D eigenvalue weighted by molar-refractivity contribution is 8.00. The first-order chi connectivity index (χ1) is 16.3. The molecule has 12 heteroatoms. The van der Waals surface area contributed by atoms with Crippen molar-refractivity contribution in [2.75, 3.05) is 27.9 Å². The number of methoxy groups -OCH3 is 3. The van der Waals surface area contributed by atoms with Crippen LogP contribution in [0.4, 0.5) is 5.69 Å². The number of hydrogen-bond acceptors (Lipinski definition) is 10. The molecule has 1 heterocycles. The number of carbonyl (C=O) groups excluding carboxylic acids is 1. The van der Waals surface area contributed by atoms with Crippen molar-refractivity contribution < 1.29 is 28.7 Å². The van der Waals surface area contributed by atoms with Crippen LogP contribution in [0, 0.1) is 10.1 Å². The van der Waals surface area contributed by atoms with Crippen LogP contribution in [-0.2, 0) is 9.53 Å². The van der Waals surface area contributed by atoms with Gasteiger partial charge in [0.2, 0.25) is 5.75 Å². The number of ether oxygens (including phenoxy) is 4. The lowest BCUT2D eigenvalue weighted by Gasteiger charge is -2.18. The number of fused-ring (bicyclic) bond motifs is 1. The third-order valence-corrected chi connectivity index (χ3v) is 5.89. The minimum absolute atomic E-state index is 0.132. The Morgan fingerprint density at radius 2 is 1.79 bits per heavy atom. The van der Waals surface area contributed by atoms with Gasteiger partial charge in [0.25, 0.3) is 11.2 Å². The molecular formula is C22H23N3O8S. The van der Waals surface area contributed by atoms with E-state index in [4.69, 9.17) is 18.9 Å². The van der Waals surface area contributed by atoms with Gasteiger partial charge in [0.1, 0.15) is 10.8 Å². The van der Waals surface area contributed by atoms with Crippen molar-refractivity contribution in [1.29, 1.82) is 0 Å². The lowest BCUT2D eigenvalue weighted by atomic mass is 10.2. The Hall–Kier alpha value is -3.80. The van der Waals surface area contributed by atoms with E-state index in [9.17, 15) is 19.7 Å². The largest absolute Gasteiger partial charge is 0.493 e. The number of nitro groups is 1. The number of rotatable bonds is 9.